The summed E-state index contributed by atoms with van der Waals surface area (Å²) in [6, 6.07) is 3.46. The first-order chi connectivity index (χ1) is 9.13. The van der Waals surface area contributed by atoms with Gasteiger partial charge in [0.2, 0.25) is 11.7 Å². The van der Waals surface area contributed by atoms with E-state index in [0.717, 1.165) is 0 Å². The topological polar surface area (TPSA) is 78.4 Å². The van der Waals surface area contributed by atoms with Crippen LogP contribution in [0.15, 0.2) is 27.3 Å². The van der Waals surface area contributed by atoms with E-state index in [2.05, 4.69) is 10.1 Å². The second-order valence-corrected chi connectivity index (χ2v) is 4.41. The monoisotopic (exact) mass is 264 g/mol. The Balaban J connectivity index is 2.26. The van der Waals surface area contributed by atoms with Gasteiger partial charge < -0.3 is 13.7 Å². The highest BCUT2D eigenvalue weighted by atomic mass is 16.5. The molecule has 2 rings (SSSR count). The van der Waals surface area contributed by atoms with Crippen LogP contribution in [0.5, 0.6) is 0 Å². The van der Waals surface area contributed by atoms with Gasteiger partial charge in [0, 0.05) is 0 Å². The van der Waals surface area contributed by atoms with Crippen molar-refractivity contribution in [3.8, 4) is 11.6 Å². The summed E-state index contributed by atoms with van der Waals surface area (Å²) in [4.78, 5) is 16.1. The minimum atomic E-state index is -0.559. The van der Waals surface area contributed by atoms with Crippen molar-refractivity contribution in [1.82, 2.24) is 10.1 Å². The molecule has 102 valence electrons. The van der Waals surface area contributed by atoms with Crippen molar-refractivity contribution >= 4 is 5.97 Å². The molecule has 0 aromatic carbocycles. The second kappa shape index (κ2) is 5.69. The number of nitrogens with zero attached hydrogens (tertiary/aromatic N) is 2. The predicted octanol–water partition coefficient (Wildman–Crippen LogP) is 2.63. The molecule has 0 bridgehead atoms. The number of carbonyl (C=O) groups is 1. The van der Waals surface area contributed by atoms with Crippen LogP contribution in [0.1, 0.15) is 32.6 Å². The lowest BCUT2D eigenvalue weighted by Crippen LogP contribution is -2.21. The Morgan fingerprint density at radius 2 is 2.26 bits per heavy atom. The van der Waals surface area contributed by atoms with Gasteiger partial charge in [-0.2, -0.15) is 4.98 Å². The fraction of sp³-hybridized carbons (Fsp3) is 0.462. The molecule has 1 atom stereocenters. The van der Waals surface area contributed by atoms with E-state index in [1.54, 1.807) is 19.1 Å². The lowest BCUT2D eigenvalue weighted by Gasteiger charge is -2.14. The molecule has 0 aliphatic heterocycles. The highest BCUT2D eigenvalue weighted by Crippen LogP contribution is 2.26. The maximum Gasteiger partial charge on any atom is 0.318 e. The van der Waals surface area contributed by atoms with Crippen LogP contribution in [-0.2, 0) is 9.53 Å². The fourth-order valence-electron chi connectivity index (χ4n) is 1.76. The SMILES string of the molecule is CCOC(=O)C(c1nc(-c2ccco2)no1)C(C)C. The molecule has 19 heavy (non-hydrogen) atoms. The molecule has 0 radical (unpaired) electrons. The smallest absolute Gasteiger partial charge is 0.318 e. The maximum absolute atomic E-state index is 11.9. The first-order valence-corrected chi connectivity index (χ1v) is 6.17. The molecule has 1 unspecified atom stereocenters. The first kappa shape index (κ1) is 13.3. The number of hydrogen-bond acceptors (Lipinski definition) is 6. The Hall–Kier alpha value is -2.11. The van der Waals surface area contributed by atoms with Gasteiger partial charge >= 0.3 is 5.97 Å². The number of hydrogen-bond donors (Lipinski definition) is 0. The molecule has 0 N–H and O–H groups in total. The lowest BCUT2D eigenvalue weighted by atomic mass is 9.96. The van der Waals surface area contributed by atoms with E-state index in [-0.39, 0.29) is 17.8 Å². The third-order valence-electron chi connectivity index (χ3n) is 2.66. The van der Waals surface area contributed by atoms with Gasteiger partial charge in [-0.15, -0.1) is 0 Å². The van der Waals surface area contributed by atoms with Gasteiger partial charge in [0.25, 0.3) is 0 Å². The third-order valence-corrected chi connectivity index (χ3v) is 2.66. The van der Waals surface area contributed by atoms with E-state index in [1.807, 2.05) is 13.8 Å². The summed E-state index contributed by atoms with van der Waals surface area (Å²) in [5.41, 5.74) is 0. The van der Waals surface area contributed by atoms with Gasteiger partial charge in [0.15, 0.2) is 5.76 Å². The molecular formula is C13H16N2O4. The molecule has 0 saturated heterocycles. The molecule has 0 fully saturated rings. The number of esters is 1. The highest BCUT2D eigenvalue weighted by Gasteiger charge is 2.31. The van der Waals surface area contributed by atoms with Crippen LogP contribution in [0.4, 0.5) is 0 Å². The average molecular weight is 264 g/mol. The van der Waals surface area contributed by atoms with Gasteiger partial charge in [0.05, 0.1) is 12.9 Å². The van der Waals surface area contributed by atoms with Crippen molar-refractivity contribution in [2.75, 3.05) is 6.61 Å². The van der Waals surface area contributed by atoms with Crippen molar-refractivity contribution in [3.05, 3.63) is 24.3 Å². The molecule has 2 aromatic heterocycles. The Morgan fingerprint density at radius 1 is 1.47 bits per heavy atom. The van der Waals surface area contributed by atoms with Crippen LogP contribution in [0.3, 0.4) is 0 Å². The zero-order chi connectivity index (χ0) is 13.8. The Morgan fingerprint density at radius 3 is 2.84 bits per heavy atom. The van der Waals surface area contributed by atoms with Crippen molar-refractivity contribution in [2.24, 2.45) is 5.92 Å². The molecule has 0 aliphatic rings. The van der Waals surface area contributed by atoms with Crippen molar-refractivity contribution < 1.29 is 18.5 Å². The molecule has 0 saturated carbocycles. The third kappa shape index (κ3) is 2.83. The number of carbonyl (C=O) groups excluding carboxylic acids is 1. The second-order valence-electron chi connectivity index (χ2n) is 4.41. The molecule has 0 aliphatic carbocycles. The van der Waals surface area contributed by atoms with E-state index < -0.39 is 5.92 Å². The van der Waals surface area contributed by atoms with Crippen molar-refractivity contribution in [2.45, 2.75) is 26.7 Å². The summed E-state index contributed by atoms with van der Waals surface area (Å²) in [6.45, 7) is 5.88. The van der Waals surface area contributed by atoms with Crippen LogP contribution >= 0.6 is 0 Å². The van der Waals surface area contributed by atoms with Gasteiger partial charge in [-0.25, -0.2) is 0 Å². The Labute approximate surface area is 110 Å². The molecule has 2 aromatic rings. The number of furan rings is 1. The molecule has 6 heteroatoms. The van der Waals surface area contributed by atoms with E-state index in [1.165, 1.54) is 6.26 Å². The van der Waals surface area contributed by atoms with Gasteiger partial charge in [-0.1, -0.05) is 19.0 Å². The lowest BCUT2D eigenvalue weighted by molar-refractivity contribution is -0.146. The Bertz CT molecular complexity index is 531. The molecule has 6 nitrogen and oxygen atoms in total. The predicted molar refractivity (Wildman–Crippen MR) is 66.2 cm³/mol. The number of aromatic nitrogens is 2. The van der Waals surface area contributed by atoms with Gasteiger partial charge in [-0.05, 0) is 25.0 Å². The van der Waals surface area contributed by atoms with E-state index in [0.29, 0.717) is 18.2 Å². The van der Waals surface area contributed by atoms with E-state index in [4.69, 9.17) is 13.7 Å². The van der Waals surface area contributed by atoms with Crippen molar-refractivity contribution in [1.29, 1.82) is 0 Å². The van der Waals surface area contributed by atoms with E-state index >= 15 is 0 Å². The average Bonchev–Trinajstić information content (AvgIpc) is 2.98. The minimum Gasteiger partial charge on any atom is -0.465 e. The summed E-state index contributed by atoms with van der Waals surface area (Å²) >= 11 is 0. The molecule has 0 amide bonds. The first-order valence-electron chi connectivity index (χ1n) is 6.17. The molecule has 0 spiro atoms. The van der Waals surface area contributed by atoms with Gasteiger partial charge in [0.1, 0.15) is 5.92 Å². The largest absolute Gasteiger partial charge is 0.465 e. The summed E-state index contributed by atoms with van der Waals surface area (Å²) in [5, 5.41) is 3.82. The number of ether oxygens (including phenoxy) is 1. The molecule has 2 heterocycles. The highest BCUT2D eigenvalue weighted by molar-refractivity contribution is 5.77. The Kier molecular flexibility index (Phi) is 3.99. The normalized spacial score (nSPS) is 12.6. The fourth-order valence-corrected chi connectivity index (χ4v) is 1.76. The standard InChI is InChI=1S/C13H16N2O4/c1-4-17-13(16)10(8(2)3)12-14-11(15-19-12)9-6-5-7-18-9/h5-8,10H,4H2,1-3H3. The van der Waals surface area contributed by atoms with Crippen LogP contribution in [0.25, 0.3) is 11.6 Å². The van der Waals surface area contributed by atoms with Crippen LogP contribution in [-0.4, -0.2) is 22.7 Å². The number of rotatable bonds is 5. The summed E-state index contributed by atoms with van der Waals surface area (Å²) < 4.78 is 15.4. The quantitative estimate of drug-likeness (QED) is 0.772. The van der Waals surface area contributed by atoms with Gasteiger partial charge in [-0.3, -0.25) is 4.79 Å². The summed E-state index contributed by atoms with van der Waals surface area (Å²) in [6.07, 6.45) is 1.52. The van der Waals surface area contributed by atoms with Crippen LogP contribution in [0, 0.1) is 5.92 Å². The van der Waals surface area contributed by atoms with Crippen molar-refractivity contribution in [3.63, 3.8) is 0 Å². The summed E-state index contributed by atoms with van der Waals surface area (Å²) in [5.74, 6) is 0.170. The maximum atomic E-state index is 11.9. The van der Waals surface area contributed by atoms with Crippen LogP contribution in [0.2, 0.25) is 0 Å². The minimum absolute atomic E-state index is 0.00366. The molecular weight excluding hydrogens is 248 g/mol. The van der Waals surface area contributed by atoms with Crippen LogP contribution < -0.4 is 0 Å². The summed E-state index contributed by atoms with van der Waals surface area (Å²) in [7, 11) is 0. The zero-order valence-corrected chi connectivity index (χ0v) is 11.1. The van der Waals surface area contributed by atoms with E-state index in [9.17, 15) is 4.79 Å². The zero-order valence-electron chi connectivity index (χ0n) is 11.1.